The fourth-order valence-corrected chi connectivity index (χ4v) is 2.73. The Morgan fingerprint density at radius 1 is 1.56 bits per heavy atom. The molecule has 2 unspecified atom stereocenters. The Morgan fingerprint density at radius 2 is 2.33 bits per heavy atom. The van der Waals surface area contributed by atoms with Crippen molar-refractivity contribution in [1.29, 1.82) is 0 Å². The number of fused-ring (bicyclic) bond motifs is 1. The summed E-state index contributed by atoms with van der Waals surface area (Å²) in [6.45, 7) is 0.664. The van der Waals surface area contributed by atoms with Crippen molar-refractivity contribution in [3.8, 4) is 0 Å². The van der Waals surface area contributed by atoms with Crippen LogP contribution < -0.4 is 5.32 Å². The minimum Gasteiger partial charge on any atom is -0.385 e. The number of hydrogen-bond acceptors (Lipinski definition) is 2. The monoisotopic (exact) mass is 311 g/mol. The summed E-state index contributed by atoms with van der Waals surface area (Å²) in [6, 6.07) is 8.29. The Balaban J connectivity index is 1.90. The van der Waals surface area contributed by atoms with Crippen LogP contribution in [0.1, 0.15) is 23.5 Å². The summed E-state index contributed by atoms with van der Waals surface area (Å²) < 4.78 is 5.04. The van der Waals surface area contributed by atoms with Gasteiger partial charge in [-0.15, -0.1) is 0 Å². The zero-order chi connectivity index (χ0) is 13.0. The average Bonchev–Trinajstić information content (AvgIpc) is 2.36. The molecule has 98 valence electrons. The Bertz CT molecular complexity index is 422. The summed E-state index contributed by atoms with van der Waals surface area (Å²) in [7, 11) is 1.68. The first kappa shape index (κ1) is 13.6. The van der Waals surface area contributed by atoms with Gasteiger partial charge in [-0.25, -0.2) is 0 Å². The van der Waals surface area contributed by atoms with Gasteiger partial charge in [0.25, 0.3) is 0 Å². The molecular weight excluding hydrogens is 294 g/mol. The van der Waals surface area contributed by atoms with E-state index in [1.165, 1.54) is 11.1 Å². The number of methoxy groups -OCH3 is 1. The van der Waals surface area contributed by atoms with Crippen molar-refractivity contribution in [3.05, 3.63) is 35.4 Å². The molecule has 1 N–H and O–H groups in total. The zero-order valence-electron chi connectivity index (χ0n) is 10.5. The lowest BCUT2D eigenvalue weighted by atomic mass is 9.77. The maximum atomic E-state index is 12.1. The van der Waals surface area contributed by atoms with Gasteiger partial charge in [-0.05, 0) is 24.0 Å². The molecule has 2 rings (SSSR count). The van der Waals surface area contributed by atoms with Gasteiger partial charge in [-0.2, -0.15) is 0 Å². The van der Waals surface area contributed by atoms with Crippen LogP contribution in [0.25, 0.3) is 0 Å². The molecule has 4 heteroatoms. The fraction of sp³-hybridized carbons (Fsp3) is 0.500. The van der Waals surface area contributed by atoms with E-state index in [-0.39, 0.29) is 17.9 Å². The molecule has 0 aromatic heterocycles. The molecule has 0 radical (unpaired) electrons. The molecule has 2 atom stereocenters. The van der Waals surface area contributed by atoms with E-state index in [1.54, 1.807) is 7.11 Å². The number of halogens is 1. The zero-order valence-corrected chi connectivity index (χ0v) is 12.1. The van der Waals surface area contributed by atoms with E-state index in [4.69, 9.17) is 4.74 Å². The Hall–Kier alpha value is -0.870. The standard InChI is InChI=1S/C14H18BrNO2/c1-18-7-6-11(9-15)16-14(17)13-8-10-4-2-3-5-12(10)13/h2-5,11,13H,6-9H2,1H3,(H,16,17). The molecule has 0 fully saturated rings. The van der Waals surface area contributed by atoms with E-state index in [0.717, 1.165) is 18.2 Å². The second kappa shape index (κ2) is 6.34. The Morgan fingerprint density at radius 3 is 3.00 bits per heavy atom. The predicted octanol–water partition coefficient (Wildman–Crippen LogP) is 2.24. The smallest absolute Gasteiger partial charge is 0.228 e. The lowest BCUT2D eigenvalue weighted by molar-refractivity contribution is -0.123. The molecule has 0 saturated heterocycles. The quantitative estimate of drug-likeness (QED) is 0.818. The van der Waals surface area contributed by atoms with E-state index >= 15 is 0 Å². The molecule has 1 aromatic carbocycles. The van der Waals surface area contributed by atoms with Gasteiger partial charge in [0.05, 0.1) is 5.92 Å². The van der Waals surface area contributed by atoms with Crippen LogP contribution in [0.15, 0.2) is 24.3 Å². The van der Waals surface area contributed by atoms with Crippen LogP contribution in [-0.4, -0.2) is 31.0 Å². The number of hydrogen-bond donors (Lipinski definition) is 1. The van der Waals surface area contributed by atoms with Gasteiger partial charge in [0.1, 0.15) is 0 Å². The first-order valence-electron chi connectivity index (χ1n) is 6.19. The van der Waals surface area contributed by atoms with Crippen LogP contribution in [-0.2, 0) is 16.0 Å². The molecule has 0 heterocycles. The van der Waals surface area contributed by atoms with E-state index < -0.39 is 0 Å². The molecule has 18 heavy (non-hydrogen) atoms. The first-order chi connectivity index (χ1) is 8.76. The maximum Gasteiger partial charge on any atom is 0.228 e. The normalized spacial score (nSPS) is 18.7. The lowest BCUT2D eigenvalue weighted by Gasteiger charge is -2.30. The topological polar surface area (TPSA) is 38.3 Å². The number of rotatable bonds is 6. The van der Waals surface area contributed by atoms with Gasteiger partial charge in [-0.1, -0.05) is 40.2 Å². The number of carbonyl (C=O) groups is 1. The highest BCUT2D eigenvalue weighted by molar-refractivity contribution is 9.09. The summed E-state index contributed by atoms with van der Waals surface area (Å²) in [5.41, 5.74) is 2.47. The molecule has 1 aromatic rings. The summed E-state index contributed by atoms with van der Waals surface area (Å²) in [5, 5.41) is 3.84. The second-order valence-electron chi connectivity index (χ2n) is 4.60. The number of alkyl halides is 1. The lowest BCUT2D eigenvalue weighted by Crippen LogP contribution is -2.42. The third-order valence-electron chi connectivity index (χ3n) is 3.37. The highest BCUT2D eigenvalue weighted by Gasteiger charge is 2.32. The third-order valence-corrected chi connectivity index (χ3v) is 4.16. The molecule has 1 aliphatic rings. The summed E-state index contributed by atoms with van der Waals surface area (Å²) >= 11 is 3.43. The number of benzene rings is 1. The molecule has 3 nitrogen and oxygen atoms in total. The highest BCUT2D eigenvalue weighted by Crippen LogP contribution is 2.34. The van der Waals surface area contributed by atoms with E-state index in [1.807, 2.05) is 18.2 Å². The molecule has 0 spiro atoms. The van der Waals surface area contributed by atoms with Crippen molar-refractivity contribution >= 4 is 21.8 Å². The van der Waals surface area contributed by atoms with Crippen molar-refractivity contribution in [2.24, 2.45) is 0 Å². The van der Waals surface area contributed by atoms with Gasteiger partial charge in [-0.3, -0.25) is 4.79 Å². The average molecular weight is 312 g/mol. The van der Waals surface area contributed by atoms with Gasteiger partial charge in [0, 0.05) is 25.1 Å². The fourth-order valence-electron chi connectivity index (χ4n) is 2.24. The van der Waals surface area contributed by atoms with E-state index in [9.17, 15) is 4.79 Å². The van der Waals surface area contributed by atoms with Gasteiger partial charge >= 0.3 is 0 Å². The van der Waals surface area contributed by atoms with E-state index in [2.05, 4.69) is 27.3 Å². The number of nitrogens with one attached hydrogen (secondary N) is 1. The summed E-state index contributed by atoms with van der Waals surface area (Å²) in [4.78, 5) is 12.1. The molecule has 0 saturated carbocycles. The van der Waals surface area contributed by atoms with E-state index in [0.29, 0.717) is 6.61 Å². The van der Waals surface area contributed by atoms with Gasteiger partial charge < -0.3 is 10.1 Å². The van der Waals surface area contributed by atoms with Crippen molar-refractivity contribution in [2.45, 2.75) is 24.8 Å². The maximum absolute atomic E-state index is 12.1. The predicted molar refractivity (Wildman–Crippen MR) is 75.1 cm³/mol. The third kappa shape index (κ3) is 2.93. The summed E-state index contributed by atoms with van der Waals surface area (Å²) in [5.74, 6) is 0.166. The van der Waals surface area contributed by atoms with Crippen LogP contribution in [0.3, 0.4) is 0 Å². The van der Waals surface area contributed by atoms with Crippen LogP contribution in [0.4, 0.5) is 0 Å². The highest BCUT2D eigenvalue weighted by atomic mass is 79.9. The number of carbonyl (C=O) groups excluding carboxylic acids is 1. The molecule has 1 aliphatic carbocycles. The molecule has 1 amide bonds. The van der Waals surface area contributed by atoms with Crippen LogP contribution in [0.2, 0.25) is 0 Å². The summed E-state index contributed by atoms with van der Waals surface area (Å²) in [6.07, 6.45) is 1.70. The number of amides is 1. The van der Waals surface area contributed by atoms with Crippen LogP contribution in [0.5, 0.6) is 0 Å². The molecular formula is C14H18BrNO2. The van der Waals surface area contributed by atoms with Crippen LogP contribution in [0, 0.1) is 0 Å². The van der Waals surface area contributed by atoms with Crippen molar-refractivity contribution < 1.29 is 9.53 Å². The van der Waals surface area contributed by atoms with Crippen molar-refractivity contribution in [1.82, 2.24) is 5.32 Å². The molecule has 0 aliphatic heterocycles. The number of ether oxygens (including phenoxy) is 1. The second-order valence-corrected chi connectivity index (χ2v) is 5.24. The minimum absolute atomic E-state index is 0.0327. The van der Waals surface area contributed by atoms with Gasteiger partial charge in [0.2, 0.25) is 5.91 Å². The SMILES string of the molecule is COCCC(CBr)NC(=O)C1Cc2ccccc21. The Kier molecular flexibility index (Phi) is 4.78. The van der Waals surface area contributed by atoms with Crippen molar-refractivity contribution in [3.63, 3.8) is 0 Å². The Labute approximate surface area is 116 Å². The largest absolute Gasteiger partial charge is 0.385 e. The van der Waals surface area contributed by atoms with Crippen molar-refractivity contribution in [2.75, 3.05) is 19.0 Å². The van der Waals surface area contributed by atoms with Crippen LogP contribution >= 0.6 is 15.9 Å². The minimum atomic E-state index is 0.0327. The van der Waals surface area contributed by atoms with Gasteiger partial charge in [0.15, 0.2) is 0 Å². The first-order valence-corrected chi connectivity index (χ1v) is 7.31. The molecule has 0 bridgehead atoms.